The molecule has 2 aromatic heterocycles. The number of methoxy groups -OCH3 is 1. The molecular weight excluding hydrogens is 446 g/mol. The van der Waals surface area contributed by atoms with Crippen molar-refractivity contribution in [3.05, 3.63) is 77.7 Å². The van der Waals surface area contributed by atoms with Gasteiger partial charge >= 0.3 is 5.97 Å². The van der Waals surface area contributed by atoms with Crippen LogP contribution in [0.15, 0.2) is 67.1 Å². The van der Waals surface area contributed by atoms with Gasteiger partial charge < -0.3 is 14.2 Å². The Morgan fingerprint density at radius 3 is 2.74 bits per heavy atom. The first-order valence-corrected chi connectivity index (χ1v) is 12.0. The summed E-state index contributed by atoms with van der Waals surface area (Å²) in [5.74, 6) is 0.237. The molecule has 1 atom stereocenters. The summed E-state index contributed by atoms with van der Waals surface area (Å²) in [6.45, 7) is 3.15. The number of nitrogens with zero attached hydrogens (tertiary/aromatic N) is 3. The highest BCUT2D eigenvalue weighted by atomic mass is 35.5. The van der Waals surface area contributed by atoms with Gasteiger partial charge in [-0.1, -0.05) is 29.8 Å². The van der Waals surface area contributed by atoms with E-state index in [4.69, 9.17) is 16.3 Å². The van der Waals surface area contributed by atoms with Crippen LogP contribution in [0.3, 0.4) is 0 Å². The largest absolute Gasteiger partial charge is 0.465 e. The van der Waals surface area contributed by atoms with Crippen LogP contribution < -0.4 is 0 Å². The molecule has 1 fully saturated rings. The lowest BCUT2D eigenvalue weighted by Gasteiger charge is -2.30. The first-order chi connectivity index (χ1) is 16.5. The number of esters is 1. The van der Waals surface area contributed by atoms with Crippen LogP contribution in [0.4, 0.5) is 0 Å². The quantitative estimate of drug-likeness (QED) is 0.326. The average molecular weight is 474 g/mol. The lowest BCUT2D eigenvalue weighted by atomic mass is 9.98. The molecule has 1 aliphatic heterocycles. The number of carbonyl (C=O) groups is 1. The first kappa shape index (κ1) is 22.6. The summed E-state index contributed by atoms with van der Waals surface area (Å²) in [4.78, 5) is 19.6. The smallest absolute Gasteiger partial charge is 0.338 e. The molecule has 0 saturated carbocycles. The maximum Gasteiger partial charge on any atom is 0.338 e. The van der Waals surface area contributed by atoms with Crippen LogP contribution in [0, 0.1) is 5.92 Å². The van der Waals surface area contributed by atoms with Gasteiger partial charge in [-0.25, -0.2) is 4.79 Å². The number of pyridine rings is 1. The topological polar surface area (TPSA) is 47.4 Å². The molecule has 174 valence electrons. The van der Waals surface area contributed by atoms with Crippen LogP contribution in [0.25, 0.3) is 33.2 Å². The predicted octanol–water partition coefficient (Wildman–Crippen LogP) is 6.15. The van der Waals surface area contributed by atoms with E-state index in [1.54, 1.807) is 0 Å². The monoisotopic (exact) mass is 473 g/mol. The molecule has 4 aromatic rings. The molecule has 2 aromatic carbocycles. The Morgan fingerprint density at radius 1 is 1.12 bits per heavy atom. The van der Waals surface area contributed by atoms with Crippen LogP contribution in [-0.2, 0) is 11.3 Å². The third kappa shape index (κ3) is 4.46. The molecule has 1 saturated heterocycles. The molecule has 0 N–H and O–H groups in total. The molecule has 5 rings (SSSR count). The van der Waals surface area contributed by atoms with Crippen LogP contribution in [0.5, 0.6) is 0 Å². The summed E-state index contributed by atoms with van der Waals surface area (Å²) >= 11 is 6.23. The molecule has 0 radical (unpaired) electrons. The van der Waals surface area contributed by atoms with Gasteiger partial charge in [-0.2, -0.15) is 0 Å². The highest BCUT2D eigenvalue weighted by Crippen LogP contribution is 2.36. The number of benzene rings is 2. The number of fused-ring (bicyclic) bond motifs is 1. The molecule has 5 nitrogen and oxygen atoms in total. The zero-order valence-electron chi connectivity index (χ0n) is 19.5. The molecule has 0 bridgehead atoms. The molecule has 0 spiro atoms. The lowest BCUT2D eigenvalue weighted by molar-refractivity contribution is 0.0603. The van der Waals surface area contributed by atoms with Gasteiger partial charge in [-0.3, -0.25) is 4.98 Å². The van der Waals surface area contributed by atoms with Crippen LogP contribution in [0.1, 0.15) is 23.2 Å². The molecule has 1 aliphatic rings. The summed E-state index contributed by atoms with van der Waals surface area (Å²) in [6.07, 6.45) is 8.29. The van der Waals surface area contributed by atoms with E-state index in [9.17, 15) is 4.79 Å². The van der Waals surface area contributed by atoms with E-state index < -0.39 is 0 Å². The highest BCUT2D eigenvalue weighted by Gasteiger charge is 2.22. The number of hydrogen-bond donors (Lipinski definition) is 0. The fourth-order valence-corrected chi connectivity index (χ4v) is 5.31. The van der Waals surface area contributed by atoms with Gasteiger partial charge in [0.25, 0.3) is 0 Å². The summed E-state index contributed by atoms with van der Waals surface area (Å²) in [5, 5.41) is 1.59. The van der Waals surface area contributed by atoms with E-state index in [-0.39, 0.29) is 5.97 Å². The van der Waals surface area contributed by atoms with E-state index in [2.05, 4.69) is 39.8 Å². The molecule has 0 aliphatic carbocycles. The van der Waals surface area contributed by atoms with Gasteiger partial charge in [0.1, 0.15) is 0 Å². The van der Waals surface area contributed by atoms with E-state index in [0.29, 0.717) is 16.5 Å². The minimum Gasteiger partial charge on any atom is -0.465 e. The number of likely N-dealkylation sites (tertiary alicyclic amines) is 1. The van der Waals surface area contributed by atoms with Gasteiger partial charge in [-0.15, -0.1) is 0 Å². The summed E-state index contributed by atoms with van der Waals surface area (Å²) in [7, 11) is 3.62. The van der Waals surface area contributed by atoms with Crippen LogP contribution in [0.2, 0.25) is 5.02 Å². The van der Waals surface area contributed by atoms with Crippen molar-refractivity contribution in [3.8, 4) is 22.3 Å². The summed E-state index contributed by atoms with van der Waals surface area (Å²) < 4.78 is 7.43. The Balaban J connectivity index is 1.64. The zero-order valence-corrected chi connectivity index (χ0v) is 20.3. The van der Waals surface area contributed by atoms with Gasteiger partial charge in [0.05, 0.1) is 12.7 Å². The van der Waals surface area contributed by atoms with E-state index >= 15 is 0 Å². The third-order valence-electron chi connectivity index (χ3n) is 6.70. The van der Waals surface area contributed by atoms with E-state index in [0.717, 1.165) is 52.8 Å². The molecule has 6 heteroatoms. The second-order valence-electron chi connectivity index (χ2n) is 9.13. The van der Waals surface area contributed by atoms with Crippen molar-refractivity contribution >= 4 is 28.5 Å². The second kappa shape index (κ2) is 9.61. The van der Waals surface area contributed by atoms with Gasteiger partial charge in [0.15, 0.2) is 0 Å². The second-order valence-corrected chi connectivity index (χ2v) is 9.57. The van der Waals surface area contributed by atoms with Gasteiger partial charge in [-0.05, 0) is 68.2 Å². The van der Waals surface area contributed by atoms with Crippen molar-refractivity contribution < 1.29 is 9.53 Å². The SMILES string of the molecule is COC(=O)c1cccc2c1c(-c1cncc(-c3cccc(Cl)c3)c1)cn2CC1CCCN(C)C1. The predicted molar refractivity (Wildman–Crippen MR) is 137 cm³/mol. The fourth-order valence-electron chi connectivity index (χ4n) is 5.12. The Bertz CT molecular complexity index is 1350. The van der Waals surface area contributed by atoms with Crippen molar-refractivity contribution in [1.82, 2.24) is 14.5 Å². The number of halogens is 1. The van der Waals surface area contributed by atoms with Crippen molar-refractivity contribution in [3.63, 3.8) is 0 Å². The minimum atomic E-state index is -0.332. The van der Waals surface area contributed by atoms with E-state index in [1.165, 1.54) is 20.0 Å². The normalized spacial score (nSPS) is 16.6. The van der Waals surface area contributed by atoms with Gasteiger partial charge in [0, 0.05) is 64.3 Å². The van der Waals surface area contributed by atoms with Crippen molar-refractivity contribution in [1.29, 1.82) is 0 Å². The van der Waals surface area contributed by atoms with Crippen LogP contribution >= 0.6 is 11.6 Å². The maximum absolute atomic E-state index is 12.7. The van der Waals surface area contributed by atoms with Crippen LogP contribution in [-0.4, -0.2) is 47.7 Å². The maximum atomic E-state index is 12.7. The van der Waals surface area contributed by atoms with E-state index in [1.807, 2.05) is 48.8 Å². The Morgan fingerprint density at radius 2 is 1.94 bits per heavy atom. The molecule has 0 amide bonds. The van der Waals surface area contributed by atoms with Crippen molar-refractivity contribution in [2.45, 2.75) is 19.4 Å². The Hall–Kier alpha value is -3.15. The minimum absolute atomic E-state index is 0.332. The molecule has 1 unspecified atom stereocenters. The number of carbonyl (C=O) groups excluding carboxylic acids is 1. The zero-order chi connectivity index (χ0) is 23.7. The summed E-state index contributed by atoms with van der Waals surface area (Å²) in [6, 6.07) is 15.7. The Kier molecular flexibility index (Phi) is 6.40. The van der Waals surface area contributed by atoms with Crippen molar-refractivity contribution in [2.75, 3.05) is 27.2 Å². The average Bonchev–Trinajstić information content (AvgIpc) is 3.22. The molecular formula is C28H28ClN3O2. The number of ether oxygens (including phenoxy) is 1. The number of piperidine rings is 1. The standard InChI is InChI=1S/C28H28ClN3O2/c1-31-11-5-6-19(16-31)17-32-18-25(27-24(28(33)34-2)9-4-10-26(27)32)22-12-21(14-30-15-22)20-7-3-8-23(29)13-20/h3-4,7-10,12-15,18-19H,5-6,11,16-17H2,1-2H3. The molecule has 3 heterocycles. The first-order valence-electron chi connectivity index (χ1n) is 11.6. The molecule has 34 heavy (non-hydrogen) atoms. The van der Waals surface area contributed by atoms with Crippen molar-refractivity contribution in [2.24, 2.45) is 5.92 Å². The lowest BCUT2D eigenvalue weighted by Crippen LogP contribution is -2.33. The number of hydrogen-bond acceptors (Lipinski definition) is 4. The number of aromatic nitrogens is 2. The summed E-state index contributed by atoms with van der Waals surface area (Å²) in [5.41, 5.74) is 5.53. The Labute approximate surface area is 204 Å². The highest BCUT2D eigenvalue weighted by molar-refractivity contribution is 6.30. The third-order valence-corrected chi connectivity index (χ3v) is 6.93. The van der Waals surface area contributed by atoms with Gasteiger partial charge in [0.2, 0.25) is 0 Å². The number of rotatable bonds is 5. The fraction of sp³-hybridized carbons (Fsp3) is 0.286.